The molecule has 1 aliphatic heterocycles. The van der Waals surface area contributed by atoms with Crippen LogP contribution in [-0.4, -0.2) is 29.7 Å². The Hall–Kier alpha value is -1.60. The van der Waals surface area contributed by atoms with Crippen molar-refractivity contribution < 1.29 is 4.74 Å². The molecule has 4 nitrogen and oxygen atoms in total. The molecule has 2 heterocycles. The molecule has 1 aromatic rings. The molecule has 1 saturated heterocycles. The van der Waals surface area contributed by atoms with E-state index < -0.39 is 0 Å². The minimum Gasteiger partial charge on any atom is -0.476 e. The van der Waals surface area contributed by atoms with E-state index in [2.05, 4.69) is 27.1 Å². The van der Waals surface area contributed by atoms with E-state index in [1.54, 1.807) is 12.4 Å². The zero-order valence-corrected chi connectivity index (χ0v) is 11.1. The van der Waals surface area contributed by atoms with Crippen LogP contribution in [0.1, 0.15) is 31.4 Å². The molecule has 100 valence electrons. The number of nitrogens with one attached hydrogen (secondary N) is 1. The van der Waals surface area contributed by atoms with Gasteiger partial charge in [-0.25, -0.2) is 4.98 Å². The van der Waals surface area contributed by atoms with Gasteiger partial charge in [-0.15, -0.1) is 0 Å². The van der Waals surface area contributed by atoms with E-state index in [-0.39, 0.29) is 0 Å². The molecule has 0 amide bonds. The third-order valence-corrected chi connectivity index (χ3v) is 3.46. The predicted molar refractivity (Wildman–Crippen MR) is 72.7 cm³/mol. The van der Waals surface area contributed by atoms with Crippen LogP contribution in [0.25, 0.3) is 0 Å². The SMILES string of the molecule is C(#CC1CC1)c1cncc(OCC2CCCNC2)n1. The summed E-state index contributed by atoms with van der Waals surface area (Å²) in [5.41, 5.74) is 0.714. The van der Waals surface area contributed by atoms with Crippen molar-refractivity contribution >= 4 is 0 Å². The monoisotopic (exact) mass is 257 g/mol. The van der Waals surface area contributed by atoms with Crippen molar-refractivity contribution in [3.05, 3.63) is 18.1 Å². The van der Waals surface area contributed by atoms with Gasteiger partial charge in [-0.3, -0.25) is 4.98 Å². The lowest BCUT2D eigenvalue weighted by Gasteiger charge is -2.22. The summed E-state index contributed by atoms with van der Waals surface area (Å²) in [6.07, 6.45) is 8.27. The van der Waals surface area contributed by atoms with Gasteiger partial charge in [0.05, 0.1) is 19.0 Å². The molecular weight excluding hydrogens is 238 g/mol. The lowest BCUT2D eigenvalue weighted by molar-refractivity contribution is 0.211. The van der Waals surface area contributed by atoms with Gasteiger partial charge < -0.3 is 10.1 Å². The van der Waals surface area contributed by atoms with Crippen molar-refractivity contribution in [3.63, 3.8) is 0 Å². The van der Waals surface area contributed by atoms with E-state index in [9.17, 15) is 0 Å². The van der Waals surface area contributed by atoms with Gasteiger partial charge in [-0.05, 0) is 38.1 Å². The second-order valence-electron chi connectivity index (χ2n) is 5.31. The first-order valence-electron chi connectivity index (χ1n) is 7.07. The first kappa shape index (κ1) is 12.4. The maximum Gasteiger partial charge on any atom is 0.233 e. The number of rotatable bonds is 3. The van der Waals surface area contributed by atoms with Crippen molar-refractivity contribution in [3.8, 4) is 17.7 Å². The van der Waals surface area contributed by atoms with Crippen molar-refractivity contribution in [1.29, 1.82) is 0 Å². The van der Waals surface area contributed by atoms with E-state index in [1.165, 1.54) is 25.7 Å². The highest BCUT2D eigenvalue weighted by Crippen LogP contribution is 2.27. The Morgan fingerprint density at radius 2 is 2.26 bits per heavy atom. The Balaban J connectivity index is 1.55. The standard InChI is InChI=1S/C15H19N3O/c1-2-13(8-16-7-1)11-19-15-10-17-9-14(18-15)6-5-12-3-4-12/h9-10,12-13,16H,1-4,7-8,11H2. The molecule has 0 radical (unpaired) electrons. The molecule has 0 bridgehead atoms. The fraction of sp³-hybridized carbons (Fsp3) is 0.600. The van der Waals surface area contributed by atoms with Crippen molar-refractivity contribution in [1.82, 2.24) is 15.3 Å². The van der Waals surface area contributed by atoms with Crippen LogP contribution in [0.2, 0.25) is 0 Å². The molecule has 19 heavy (non-hydrogen) atoms. The highest BCUT2D eigenvalue weighted by atomic mass is 16.5. The van der Waals surface area contributed by atoms with Crippen molar-refractivity contribution in [2.24, 2.45) is 11.8 Å². The second-order valence-corrected chi connectivity index (χ2v) is 5.31. The minimum atomic E-state index is 0.580. The Morgan fingerprint density at radius 3 is 3.05 bits per heavy atom. The Kier molecular flexibility index (Phi) is 3.95. The molecule has 1 unspecified atom stereocenters. The minimum absolute atomic E-state index is 0.580. The summed E-state index contributed by atoms with van der Waals surface area (Å²) in [6.45, 7) is 2.87. The topological polar surface area (TPSA) is 47.0 Å². The summed E-state index contributed by atoms with van der Waals surface area (Å²) in [6, 6.07) is 0. The Morgan fingerprint density at radius 1 is 1.32 bits per heavy atom. The second kappa shape index (κ2) is 6.03. The highest BCUT2D eigenvalue weighted by molar-refractivity contribution is 5.28. The summed E-state index contributed by atoms with van der Waals surface area (Å²) >= 11 is 0. The largest absolute Gasteiger partial charge is 0.476 e. The van der Waals surface area contributed by atoms with Gasteiger partial charge in [-0.1, -0.05) is 5.92 Å². The number of hydrogen-bond donors (Lipinski definition) is 1. The molecule has 1 aliphatic carbocycles. The van der Waals surface area contributed by atoms with Crippen LogP contribution >= 0.6 is 0 Å². The van der Waals surface area contributed by atoms with E-state index in [0.29, 0.717) is 30.0 Å². The van der Waals surface area contributed by atoms with Gasteiger partial charge in [0.15, 0.2) is 0 Å². The normalized spacial score (nSPS) is 22.4. The van der Waals surface area contributed by atoms with Gasteiger partial charge >= 0.3 is 0 Å². The van der Waals surface area contributed by atoms with Crippen LogP contribution in [-0.2, 0) is 0 Å². The molecular formula is C15H19N3O. The first-order valence-corrected chi connectivity index (χ1v) is 7.07. The number of hydrogen-bond acceptors (Lipinski definition) is 4. The molecule has 0 spiro atoms. The molecule has 1 saturated carbocycles. The zero-order valence-electron chi connectivity index (χ0n) is 11.1. The summed E-state index contributed by atoms with van der Waals surface area (Å²) in [5, 5.41) is 3.38. The van der Waals surface area contributed by atoms with Crippen LogP contribution in [0.4, 0.5) is 0 Å². The number of aromatic nitrogens is 2. The molecule has 1 aromatic heterocycles. The maximum atomic E-state index is 5.73. The average molecular weight is 257 g/mol. The molecule has 4 heteroatoms. The lowest BCUT2D eigenvalue weighted by Crippen LogP contribution is -2.33. The maximum absolute atomic E-state index is 5.73. The fourth-order valence-corrected chi connectivity index (χ4v) is 2.15. The van der Waals surface area contributed by atoms with Crippen LogP contribution in [0, 0.1) is 23.7 Å². The quantitative estimate of drug-likeness (QED) is 0.836. The molecule has 3 rings (SSSR count). The summed E-state index contributed by atoms with van der Waals surface area (Å²) in [4.78, 5) is 8.52. The highest BCUT2D eigenvalue weighted by Gasteiger charge is 2.18. The van der Waals surface area contributed by atoms with E-state index in [0.717, 1.165) is 13.1 Å². The van der Waals surface area contributed by atoms with Crippen LogP contribution < -0.4 is 10.1 Å². The molecule has 2 fully saturated rings. The fourth-order valence-electron chi connectivity index (χ4n) is 2.15. The van der Waals surface area contributed by atoms with E-state index in [4.69, 9.17) is 4.74 Å². The van der Waals surface area contributed by atoms with Gasteiger partial charge in [0.1, 0.15) is 5.69 Å². The van der Waals surface area contributed by atoms with Crippen LogP contribution in [0.3, 0.4) is 0 Å². The molecule has 1 atom stereocenters. The smallest absolute Gasteiger partial charge is 0.233 e. The van der Waals surface area contributed by atoms with Gasteiger partial charge in [0.25, 0.3) is 0 Å². The summed E-state index contributed by atoms with van der Waals surface area (Å²) < 4.78 is 5.73. The number of ether oxygens (including phenoxy) is 1. The summed E-state index contributed by atoms with van der Waals surface area (Å²) in [5.74, 6) is 8.01. The molecule has 0 aromatic carbocycles. The molecule has 2 aliphatic rings. The Bertz CT molecular complexity index is 482. The third kappa shape index (κ3) is 3.93. The number of piperidine rings is 1. The van der Waals surface area contributed by atoms with Crippen LogP contribution in [0.5, 0.6) is 5.88 Å². The van der Waals surface area contributed by atoms with Gasteiger partial charge in [0, 0.05) is 18.4 Å². The average Bonchev–Trinajstić information content (AvgIpc) is 3.29. The lowest BCUT2D eigenvalue weighted by atomic mass is 10.0. The van der Waals surface area contributed by atoms with E-state index >= 15 is 0 Å². The van der Waals surface area contributed by atoms with Crippen molar-refractivity contribution in [2.45, 2.75) is 25.7 Å². The van der Waals surface area contributed by atoms with Crippen molar-refractivity contribution in [2.75, 3.05) is 19.7 Å². The third-order valence-electron chi connectivity index (χ3n) is 3.46. The van der Waals surface area contributed by atoms with Gasteiger partial charge in [0.2, 0.25) is 5.88 Å². The predicted octanol–water partition coefficient (Wildman–Crippen LogP) is 1.62. The zero-order chi connectivity index (χ0) is 12.9. The van der Waals surface area contributed by atoms with Gasteiger partial charge in [-0.2, -0.15) is 0 Å². The Labute approximate surface area is 114 Å². The molecule has 1 N–H and O–H groups in total. The summed E-state index contributed by atoms with van der Waals surface area (Å²) in [7, 11) is 0. The van der Waals surface area contributed by atoms with E-state index in [1.807, 2.05) is 0 Å². The first-order chi connectivity index (χ1) is 9.40. The van der Waals surface area contributed by atoms with Crippen LogP contribution in [0.15, 0.2) is 12.4 Å². The number of nitrogens with zero attached hydrogens (tertiary/aromatic N) is 2.